The highest BCUT2D eigenvalue weighted by Gasteiger charge is 2.27. The van der Waals surface area contributed by atoms with Gasteiger partial charge in [0.2, 0.25) is 5.91 Å². The van der Waals surface area contributed by atoms with Crippen molar-refractivity contribution in [2.24, 2.45) is 7.05 Å². The van der Waals surface area contributed by atoms with E-state index in [1.807, 2.05) is 47.9 Å². The van der Waals surface area contributed by atoms with Crippen LogP contribution in [0.2, 0.25) is 0 Å². The molecule has 1 aliphatic rings. The highest BCUT2D eigenvalue weighted by Crippen LogP contribution is 2.23. The Labute approximate surface area is 137 Å². The van der Waals surface area contributed by atoms with Gasteiger partial charge in [-0.2, -0.15) is 5.10 Å². The maximum Gasteiger partial charge on any atom is 0.223 e. The molecule has 1 amide bonds. The quantitative estimate of drug-likeness (QED) is 0.937. The second kappa shape index (κ2) is 6.96. The van der Waals surface area contributed by atoms with E-state index in [1.165, 1.54) is 5.56 Å². The third kappa shape index (κ3) is 3.45. The molecule has 0 unspecified atom stereocenters. The van der Waals surface area contributed by atoms with Crippen molar-refractivity contribution in [3.8, 4) is 0 Å². The molecule has 23 heavy (non-hydrogen) atoms. The van der Waals surface area contributed by atoms with Crippen molar-refractivity contribution in [2.45, 2.75) is 25.8 Å². The summed E-state index contributed by atoms with van der Waals surface area (Å²) in [4.78, 5) is 14.8. The van der Waals surface area contributed by atoms with E-state index >= 15 is 0 Å². The van der Waals surface area contributed by atoms with Gasteiger partial charge < -0.3 is 10.2 Å². The van der Waals surface area contributed by atoms with E-state index in [9.17, 15) is 4.79 Å². The maximum atomic E-state index is 12.7. The molecular weight excluding hydrogens is 288 g/mol. The van der Waals surface area contributed by atoms with E-state index in [2.05, 4.69) is 22.5 Å². The van der Waals surface area contributed by atoms with Crippen LogP contribution in [0, 0.1) is 6.92 Å². The molecule has 1 aliphatic heterocycles. The summed E-state index contributed by atoms with van der Waals surface area (Å²) in [6.45, 7) is 4.50. The number of aryl methyl sites for hydroxylation is 2. The lowest BCUT2D eigenvalue weighted by Crippen LogP contribution is -2.48. The average molecular weight is 312 g/mol. The number of carbonyl (C=O) groups excluding carboxylic acids is 1. The van der Waals surface area contributed by atoms with Crippen molar-refractivity contribution in [3.63, 3.8) is 0 Å². The molecule has 1 fully saturated rings. The molecule has 3 rings (SSSR count). The molecule has 122 valence electrons. The van der Waals surface area contributed by atoms with Gasteiger partial charge in [-0.05, 0) is 24.5 Å². The third-order valence-corrected chi connectivity index (χ3v) is 4.69. The molecule has 0 radical (unpaired) electrons. The lowest BCUT2D eigenvalue weighted by molar-refractivity contribution is -0.134. The lowest BCUT2D eigenvalue weighted by atomic mass is 10.0. The molecule has 1 N–H and O–H groups in total. The Hall–Kier alpha value is -2.14. The Kier molecular flexibility index (Phi) is 4.76. The molecule has 2 aromatic rings. The van der Waals surface area contributed by atoms with Crippen molar-refractivity contribution >= 4 is 5.91 Å². The zero-order chi connectivity index (χ0) is 16.2. The van der Waals surface area contributed by atoms with Crippen LogP contribution in [0.4, 0.5) is 0 Å². The molecule has 1 saturated heterocycles. The molecule has 0 saturated carbocycles. The number of hydrogen-bond donors (Lipinski definition) is 1. The van der Waals surface area contributed by atoms with E-state index in [0.29, 0.717) is 6.42 Å². The lowest BCUT2D eigenvalue weighted by Gasteiger charge is -2.36. The largest absolute Gasteiger partial charge is 0.333 e. The van der Waals surface area contributed by atoms with E-state index in [0.717, 1.165) is 37.3 Å². The Balaban J connectivity index is 1.68. The van der Waals surface area contributed by atoms with E-state index in [4.69, 9.17) is 0 Å². The van der Waals surface area contributed by atoms with Gasteiger partial charge in [-0.25, -0.2) is 0 Å². The number of carbonyl (C=O) groups is 1. The second-order valence-corrected chi connectivity index (χ2v) is 6.10. The third-order valence-electron chi connectivity index (χ3n) is 4.69. The zero-order valence-electron chi connectivity index (χ0n) is 13.8. The van der Waals surface area contributed by atoms with Crippen LogP contribution in [0.1, 0.15) is 29.3 Å². The van der Waals surface area contributed by atoms with E-state index in [-0.39, 0.29) is 11.9 Å². The van der Waals surface area contributed by atoms with Gasteiger partial charge in [0.1, 0.15) is 0 Å². The number of benzene rings is 1. The minimum absolute atomic E-state index is 0.132. The summed E-state index contributed by atoms with van der Waals surface area (Å²) in [5, 5.41) is 7.65. The summed E-state index contributed by atoms with van der Waals surface area (Å²) >= 11 is 0. The first-order valence-corrected chi connectivity index (χ1v) is 8.19. The van der Waals surface area contributed by atoms with Crippen molar-refractivity contribution in [1.29, 1.82) is 0 Å². The number of amides is 1. The standard InChI is InChI=1S/C18H24N4O/c1-14-16(12-20-21(14)2)8-9-18(23)22-11-10-19-13-17(22)15-6-4-3-5-7-15/h3-7,12,17,19H,8-11,13H2,1-2H3/t17-/m1/s1. The van der Waals surface area contributed by atoms with Gasteiger partial charge in [-0.15, -0.1) is 0 Å². The van der Waals surface area contributed by atoms with Crippen LogP contribution in [0.3, 0.4) is 0 Å². The normalized spacial score (nSPS) is 18.2. The topological polar surface area (TPSA) is 50.2 Å². The van der Waals surface area contributed by atoms with Gasteiger partial charge in [-0.3, -0.25) is 9.48 Å². The summed E-state index contributed by atoms with van der Waals surface area (Å²) in [5.74, 6) is 0.226. The van der Waals surface area contributed by atoms with Crippen LogP contribution in [-0.4, -0.2) is 40.2 Å². The molecule has 0 spiro atoms. The predicted octanol–water partition coefficient (Wildman–Crippen LogP) is 1.83. The van der Waals surface area contributed by atoms with Crippen LogP contribution < -0.4 is 5.32 Å². The first-order valence-electron chi connectivity index (χ1n) is 8.19. The Morgan fingerprint density at radius 3 is 2.83 bits per heavy atom. The number of nitrogens with zero attached hydrogens (tertiary/aromatic N) is 3. The Morgan fingerprint density at radius 2 is 2.13 bits per heavy atom. The Morgan fingerprint density at radius 1 is 1.35 bits per heavy atom. The highest BCUT2D eigenvalue weighted by molar-refractivity contribution is 5.77. The molecule has 1 atom stereocenters. The number of nitrogens with one attached hydrogen (secondary N) is 1. The van der Waals surface area contributed by atoms with Crippen LogP contribution in [0.15, 0.2) is 36.5 Å². The monoisotopic (exact) mass is 312 g/mol. The second-order valence-electron chi connectivity index (χ2n) is 6.10. The maximum absolute atomic E-state index is 12.7. The molecule has 1 aromatic carbocycles. The van der Waals surface area contributed by atoms with Crippen LogP contribution in [0.5, 0.6) is 0 Å². The van der Waals surface area contributed by atoms with Crippen molar-refractivity contribution in [3.05, 3.63) is 53.3 Å². The summed E-state index contributed by atoms with van der Waals surface area (Å²) in [6.07, 6.45) is 3.16. The minimum Gasteiger partial charge on any atom is -0.333 e. The first kappa shape index (κ1) is 15.7. The minimum atomic E-state index is 0.132. The van der Waals surface area contributed by atoms with Crippen LogP contribution >= 0.6 is 0 Å². The molecule has 1 aromatic heterocycles. The fourth-order valence-electron chi connectivity index (χ4n) is 3.15. The summed E-state index contributed by atoms with van der Waals surface area (Å²) in [5.41, 5.74) is 3.50. The molecule has 0 bridgehead atoms. The van der Waals surface area contributed by atoms with Gasteiger partial charge in [0.05, 0.1) is 12.2 Å². The SMILES string of the molecule is Cc1c(CCC(=O)N2CCNC[C@@H]2c2ccccc2)cnn1C. The van der Waals surface area contributed by atoms with Gasteiger partial charge >= 0.3 is 0 Å². The molecule has 2 heterocycles. The average Bonchev–Trinajstić information content (AvgIpc) is 2.92. The van der Waals surface area contributed by atoms with Crippen LogP contribution in [0.25, 0.3) is 0 Å². The van der Waals surface area contributed by atoms with Gasteiger partial charge in [0, 0.05) is 38.8 Å². The molecule has 5 heteroatoms. The van der Waals surface area contributed by atoms with Gasteiger partial charge in [-0.1, -0.05) is 30.3 Å². The van der Waals surface area contributed by atoms with E-state index in [1.54, 1.807) is 0 Å². The number of rotatable bonds is 4. The summed E-state index contributed by atoms with van der Waals surface area (Å²) in [6, 6.07) is 10.4. The fraction of sp³-hybridized carbons (Fsp3) is 0.444. The number of piperazine rings is 1. The predicted molar refractivity (Wildman–Crippen MR) is 90.0 cm³/mol. The van der Waals surface area contributed by atoms with E-state index < -0.39 is 0 Å². The number of hydrogen-bond acceptors (Lipinski definition) is 3. The van der Waals surface area contributed by atoms with Gasteiger partial charge in [0.15, 0.2) is 0 Å². The molecule has 5 nitrogen and oxygen atoms in total. The molecule has 0 aliphatic carbocycles. The molecular formula is C18H24N4O. The smallest absolute Gasteiger partial charge is 0.223 e. The summed E-state index contributed by atoms with van der Waals surface area (Å²) < 4.78 is 1.86. The van der Waals surface area contributed by atoms with Gasteiger partial charge in [0.25, 0.3) is 0 Å². The Bertz CT molecular complexity index is 665. The van der Waals surface area contributed by atoms with Crippen molar-refractivity contribution < 1.29 is 4.79 Å². The van der Waals surface area contributed by atoms with Crippen molar-refractivity contribution in [1.82, 2.24) is 20.0 Å². The highest BCUT2D eigenvalue weighted by atomic mass is 16.2. The summed E-state index contributed by atoms with van der Waals surface area (Å²) in [7, 11) is 1.93. The van der Waals surface area contributed by atoms with Crippen LogP contribution in [-0.2, 0) is 18.3 Å². The zero-order valence-corrected chi connectivity index (χ0v) is 13.8. The number of aromatic nitrogens is 2. The fourth-order valence-corrected chi connectivity index (χ4v) is 3.15. The first-order chi connectivity index (χ1) is 11.2. The van der Waals surface area contributed by atoms with Crippen molar-refractivity contribution in [2.75, 3.05) is 19.6 Å².